The molecule has 6 heteroatoms. The van der Waals surface area contributed by atoms with Crippen LogP contribution in [-0.4, -0.2) is 15.7 Å². The van der Waals surface area contributed by atoms with Crippen molar-refractivity contribution < 1.29 is 9.21 Å². The zero-order valence-electron chi connectivity index (χ0n) is 12.8. The Hall–Kier alpha value is -2.34. The van der Waals surface area contributed by atoms with Crippen LogP contribution in [0.25, 0.3) is 0 Å². The van der Waals surface area contributed by atoms with E-state index in [1.54, 1.807) is 23.9 Å². The first-order valence-electron chi connectivity index (χ1n) is 7.16. The zero-order chi connectivity index (χ0) is 16.4. The van der Waals surface area contributed by atoms with Gasteiger partial charge in [0.05, 0.1) is 24.0 Å². The Kier molecular flexibility index (Phi) is 4.34. The second-order valence-electron chi connectivity index (χ2n) is 5.33. The number of rotatable bonds is 4. The summed E-state index contributed by atoms with van der Waals surface area (Å²) in [5, 5.41) is 7.11. The maximum Gasteiger partial charge on any atom is 0.259 e. The minimum absolute atomic E-state index is 0.192. The van der Waals surface area contributed by atoms with Crippen molar-refractivity contribution in [3.05, 3.63) is 69.8 Å². The maximum absolute atomic E-state index is 12.2. The Balaban J connectivity index is 1.68. The summed E-state index contributed by atoms with van der Waals surface area (Å²) in [6.45, 7) is 4.24. The van der Waals surface area contributed by atoms with Gasteiger partial charge in [-0.25, -0.2) is 0 Å². The number of hydrogen-bond acceptors (Lipinski definition) is 3. The van der Waals surface area contributed by atoms with Crippen LogP contribution >= 0.6 is 15.9 Å². The lowest BCUT2D eigenvalue weighted by Gasteiger charge is -2.02. The second kappa shape index (κ2) is 6.42. The SMILES string of the molecule is Cc1cc(C(=O)Nc2cnn(Cc3ccc(Br)cc3)c2)c(C)o1. The van der Waals surface area contributed by atoms with Gasteiger partial charge in [-0.15, -0.1) is 0 Å². The van der Waals surface area contributed by atoms with Crippen LogP contribution in [0.2, 0.25) is 0 Å². The highest BCUT2D eigenvalue weighted by Crippen LogP contribution is 2.17. The number of amides is 1. The number of nitrogens with zero attached hydrogens (tertiary/aromatic N) is 2. The molecule has 118 valence electrons. The summed E-state index contributed by atoms with van der Waals surface area (Å²) < 4.78 is 8.21. The first-order valence-corrected chi connectivity index (χ1v) is 7.96. The molecule has 3 aromatic rings. The molecule has 0 unspecified atom stereocenters. The maximum atomic E-state index is 12.2. The summed E-state index contributed by atoms with van der Waals surface area (Å²) in [7, 11) is 0. The molecule has 2 aromatic heterocycles. The Morgan fingerprint density at radius 1 is 1.30 bits per heavy atom. The summed E-state index contributed by atoms with van der Waals surface area (Å²) in [6, 6.07) is 9.78. The number of aromatic nitrogens is 2. The van der Waals surface area contributed by atoms with Gasteiger partial charge in [0.25, 0.3) is 5.91 Å². The molecule has 3 rings (SSSR count). The van der Waals surface area contributed by atoms with Crippen molar-refractivity contribution in [2.75, 3.05) is 5.32 Å². The van der Waals surface area contributed by atoms with Gasteiger partial charge in [0.15, 0.2) is 0 Å². The molecule has 1 N–H and O–H groups in total. The van der Waals surface area contributed by atoms with E-state index >= 15 is 0 Å². The molecule has 0 bridgehead atoms. The van der Waals surface area contributed by atoms with Crippen molar-refractivity contribution in [1.82, 2.24) is 9.78 Å². The van der Waals surface area contributed by atoms with Gasteiger partial charge in [-0.05, 0) is 37.6 Å². The Morgan fingerprint density at radius 3 is 2.70 bits per heavy atom. The van der Waals surface area contributed by atoms with Gasteiger partial charge in [0, 0.05) is 10.7 Å². The zero-order valence-corrected chi connectivity index (χ0v) is 14.4. The molecule has 0 saturated carbocycles. The van der Waals surface area contributed by atoms with E-state index in [1.807, 2.05) is 37.4 Å². The predicted octanol–water partition coefficient (Wildman–Crippen LogP) is 4.16. The fourth-order valence-electron chi connectivity index (χ4n) is 2.35. The van der Waals surface area contributed by atoms with Crippen LogP contribution in [0, 0.1) is 13.8 Å². The van der Waals surface area contributed by atoms with E-state index < -0.39 is 0 Å². The molecule has 1 amide bonds. The van der Waals surface area contributed by atoms with Crippen LogP contribution in [0.3, 0.4) is 0 Å². The third-order valence-corrected chi connectivity index (χ3v) is 3.96. The van der Waals surface area contributed by atoms with Crippen molar-refractivity contribution in [2.45, 2.75) is 20.4 Å². The molecular formula is C17H16BrN3O2. The largest absolute Gasteiger partial charge is 0.466 e. The quantitative estimate of drug-likeness (QED) is 0.746. The van der Waals surface area contributed by atoms with E-state index in [9.17, 15) is 4.79 Å². The molecular weight excluding hydrogens is 358 g/mol. The van der Waals surface area contributed by atoms with Gasteiger partial charge in [0.2, 0.25) is 0 Å². The average Bonchev–Trinajstić information content (AvgIpc) is 3.07. The molecule has 0 atom stereocenters. The lowest BCUT2D eigenvalue weighted by atomic mass is 10.2. The molecule has 0 aliphatic heterocycles. The molecule has 23 heavy (non-hydrogen) atoms. The molecule has 5 nitrogen and oxygen atoms in total. The van der Waals surface area contributed by atoms with Gasteiger partial charge in [-0.1, -0.05) is 28.1 Å². The molecule has 0 fully saturated rings. The van der Waals surface area contributed by atoms with Crippen molar-refractivity contribution in [2.24, 2.45) is 0 Å². The van der Waals surface area contributed by atoms with Crippen LogP contribution in [-0.2, 0) is 6.54 Å². The summed E-state index contributed by atoms with van der Waals surface area (Å²) in [5.74, 6) is 1.14. The molecule has 1 aromatic carbocycles. The minimum Gasteiger partial charge on any atom is -0.466 e. The summed E-state index contributed by atoms with van der Waals surface area (Å²) in [6.07, 6.45) is 3.45. The minimum atomic E-state index is -0.192. The average molecular weight is 374 g/mol. The summed E-state index contributed by atoms with van der Waals surface area (Å²) >= 11 is 3.41. The van der Waals surface area contributed by atoms with Gasteiger partial charge >= 0.3 is 0 Å². The molecule has 0 saturated heterocycles. The van der Waals surface area contributed by atoms with Crippen LogP contribution in [0.1, 0.15) is 27.4 Å². The van der Waals surface area contributed by atoms with Crippen molar-refractivity contribution in [3.8, 4) is 0 Å². The first-order chi connectivity index (χ1) is 11.0. The van der Waals surface area contributed by atoms with Gasteiger partial charge < -0.3 is 9.73 Å². The number of halogens is 1. The van der Waals surface area contributed by atoms with E-state index in [4.69, 9.17) is 4.42 Å². The molecule has 2 heterocycles. The van der Waals surface area contributed by atoms with E-state index in [2.05, 4.69) is 26.3 Å². The van der Waals surface area contributed by atoms with E-state index in [-0.39, 0.29) is 5.91 Å². The fraction of sp³-hybridized carbons (Fsp3) is 0.176. The standard InChI is InChI=1S/C17H16BrN3O2/c1-11-7-16(12(2)23-11)17(22)20-15-8-19-21(10-15)9-13-3-5-14(18)6-4-13/h3-8,10H,9H2,1-2H3,(H,20,22). The normalized spacial score (nSPS) is 10.7. The van der Waals surface area contributed by atoms with Crippen molar-refractivity contribution in [1.29, 1.82) is 0 Å². The number of hydrogen-bond donors (Lipinski definition) is 1. The van der Waals surface area contributed by atoms with Gasteiger partial charge in [-0.2, -0.15) is 5.10 Å². The highest BCUT2D eigenvalue weighted by atomic mass is 79.9. The molecule has 0 spiro atoms. The number of aryl methyl sites for hydroxylation is 2. The third kappa shape index (κ3) is 3.71. The number of nitrogens with one attached hydrogen (secondary N) is 1. The van der Waals surface area contributed by atoms with Crippen LogP contribution in [0.5, 0.6) is 0 Å². The lowest BCUT2D eigenvalue weighted by molar-refractivity contribution is 0.102. The highest BCUT2D eigenvalue weighted by molar-refractivity contribution is 9.10. The summed E-state index contributed by atoms with van der Waals surface area (Å²) in [4.78, 5) is 12.2. The van der Waals surface area contributed by atoms with E-state index in [0.717, 1.165) is 15.8 Å². The Bertz CT molecular complexity index is 834. The second-order valence-corrected chi connectivity index (χ2v) is 6.25. The van der Waals surface area contributed by atoms with Crippen LogP contribution < -0.4 is 5.32 Å². The van der Waals surface area contributed by atoms with Crippen molar-refractivity contribution >= 4 is 27.5 Å². The van der Waals surface area contributed by atoms with Crippen LogP contribution in [0.4, 0.5) is 5.69 Å². The first kappa shape index (κ1) is 15.6. The summed E-state index contributed by atoms with van der Waals surface area (Å²) in [5.41, 5.74) is 2.34. The number of anilines is 1. The number of carbonyl (C=O) groups excluding carboxylic acids is 1. The number of benzene rings is 1. The smallest absolute Gasteiger partial charge is 0.259 e. The monoisotopic (exact) mass is 373 g/mol. The number of furan rings is 1. The van der Waals surface area contributed by atoms with Crippen molar-refractivity contribution in [3.63, 3.8) is 0 Å². The lowest BCUT2D eigenvalue weighted by Crippen LogP contribution is -2.11. The van der Waals surface area contributed by atoms with Gasteiger partial charge in [0.1, 0.15) is 11.5 Å². The van der Waals surface area contributed by atoms with E-state index in [0.29, 0.717) is 23.6 Å². The fourth-order valence-corrected chi connectivity index (χ4v) is 2.61. The topological polar surface area (TPSA) is 60.1 Å². The van der Waals surface area contributed by atoms with Crippen LogP contribution in [0.15, 0.2) is 51.6 Å². The highest BCUT2D eigenvalue weighted by Gasteiger charge is 2.14. The Morgan fingerprint density at radius 2 is 2.04 bits per heavy atom. The third-order valence-electron chi connectivity index (χ3n) is 3.43. The number of carbonyl (C=O) groups is 1. The van der Waals surface area contributed by atoms with Gasteiger partial charge in [-0.3, -0.25) is 9.48 Å². The predicted molar refractivity (Wildman–Crippen MR) is 91.6 cm³/mol. The molecule has 0 radical (unpaired) electrons. The van der Waals surface area contributed by atoms with E-state index in [1.165, 1.54) is 0 Å². The molecule has 0 aliphatic rings. The Labute approximate surface area is 142 Å². The molecule has 0 aliphatic carbocycles.